The molecule has 0 aliphatic carbocycles. The Hall–Kier alpha value is -0.780. The number of H-pyrrole nitrogens is 1. The lowest BCUT2D eigenvalue weighted by Crippen LogP contribution is -1.92. The maximum atomic E-state index is 10.9. The van der Waals surface area contributed by atoms with Crippen LogP contribution >= 0.6 is 22.3 Å². The fourth-order valence-electron chi connectivity index (χ4n) is 1.07. The summed E-state index contributed by atoms with van der Waals surface area (Å²) in [5.41, 5.74) is 1.05. The maximum Gasteiger partial charge on any atom is 0.294 e. The zero-order chi connectivity index (χ0) is 10.3. The number of nitrogens with one attached hydrogen (secondary N) is 1. The summed E-state index contributed by atoms with van der Waals surface area (Å²) >= 11 is 5.71. The van der Waals surface area contributed by atoms with Crippen molar-refractivity contribution in [1.82, 2.24) is 9.97 Å². The van der Waals surface area contributed by atoms with Gasteiger partial charge in [0, 0.05) is 15.7 Å². The second-order valence-corrected chi connectivity index (χ2v) is 5.56. The molecule has 0 aliphatic heterocycles. The van der Waals surface area contributed by atoms with Gasteiger partial charge in [0.2, 0.25) is 5.16 Å². The molecule has 0 saturated carbocycles. The van der Waals surface area contributed by atoms with Gasteiger partial charge in [0.25, 0.3) is 9.05 Å². The van der Waals surface area contributed by atoms with Gasteiger partial charge in [0.1, 0.15) is 0 Å². The lowest BCUT2D eigenvalue weighted by atomic mass is 10.3. The molecule has 7 heteroatoms. The molecule has 1 heterocycles. The molecule has 2 rings (SSSR count). The molecule has 74 valence electrons. The molecular weight excluding hydrogens is 247 g/mol. The van der Waals surface area contributed by atoms with Gasteiger partial charge in [-0.05, 0) is 18.2 Å². The third kappa shape index (κ3) is 1.70. The Bertz CT molecular complexity index is 591. The summed E-state index contributed by atoms with van der Waals surface area (Å²) in [5, 5.41) is 0.233. The smallest absolute Gasteiger partial charge is 0.294 e. The first-order valence-corrected chi connectivity index (χ1v) is 6.25. The summed E-state index contributed by atoms with van der Waals surface area (Å²) in [7, 11) is 1.30. The molecule has 0 bridgehead atoms. The van der Waals surface area contributed by atoms with Crippen molar-refractivity contribution in [2.75, 3.05) is 0 Å². The van der Waals surface area contributed by atoms with Crippen molar-refractivity contribution in [1.29, 1.82) is 0 Å². The topological polar surface area (TPSA) is 62.8 Å². The number of benzene rings is 1. The molecule has 0 fully saturated rings. The highest BCUT2D eigenvalue weighted by atomic mass is 35.7. The first-order valence-electron chi connectivity index (χ1n) is 3.57. The first-order chi connectivity index (χ1) is 6.47. The van der Waals surface area contributed by atoms with E-state index in [0.29, 0.717) is 16.1 Å². The minimum absolute atomic E-state index is 0.267. The van der Waals surface area contributed by atoms with Gasteiger partial charge in [-0.3, -0.25) is 0 Å². The first kappa shape index (κ1) is 9.76. The van der Waals surface area contributed by atoms with Crippen LogP contribution in [0.1, 0.15) is 0 Å². The van der Waals surface area contributed by atoms with Crippen LogP contribution in [0.25, 0.3) is 11.0 Å². The monoisotopic (exact) mass is 250 g/mol. The second kappa shape index (κ2) is 3.12. The Balaban J connectivity index is 2.75. The fraction of sp³-hybridized carbons (Fsp3) is 0. The van der Waals surface area contributed by atoms with E-state index in [1.807, 2.05) is 0 Å². The van der Waals surface area contributed by atoms with Crippen LogP contribution < -0.4 is 0 Å². The van der Waals surface area contributed by atoms with Crippen molar-refractivity contribution in [3.05, 3.63) is 23.2 Å². The Labute approximate surface area is 89.3 Å². The van der Waals surface area contributed by atoms with Crippen molar-refractivity contribution in [3.8, 4) is 0 Å². The van der Waals surface area contributed by atoms with E-state index in [-0.39, 0.29) is 5.16 Å². The van der Waals surface area contributed by atoms with E-state index >= 15 is 0 Å². The molecule has 0 amide bonds. The van der Waals surface area contributed by atoms with Gasteiger partial charge >= 0.3 is 0 Å². The number of hydrogen-bond acceptors (Lipinski definition) is 3. The Morgan fingerprint density at radius 2 is 2.07 bits per heavy atom. The zero-order valence-electron chi connectivity index (χ0n) is 6.66. The van der Waals surface area contributed by atoms with E-state index in [1.54, 1.807) is 18.2 Å². The maximum absolute atomic E-state index is 10.9. The Morgan fingerprint density at radius 3 is 2.71 bits per heavy atom. The lowest BCUT2D eigenvalue weighted by Gasteiger charge is -1.87. The van der Waals surface area contributed by atoms with Crippen LogP contribution in [0.15, 0.2) is 23.4 Å². The van der Waals surface area contributed by atoms with Gasteiger partial charge in [0.05, 0.1) is 11.0 Å². The van der Waals surface area contributed by atoms with Gasteiger partial charge < -0.3 is 4.98 Å². The van der Waals surface area contributed by atoms with E-state index in [1.165, 1.54) is 0 Å². The fourth-order valence-corrected chi connectivity index (χ4v) is 1.90. The molecule has 0 aliphatic rings. The third-order valence-electron chi connectivity index (χ3n) is 1.65. The third-order valence-corrected chi connectivity index (χ3v) is 2.98. The number of imidazole rings is 1. The van der Waals surface area contributed by atoms with E-state index in [9.17, 15) is 8.42 Å². The van der Waals surface area contributed by atoms with Gasteiger partial charge in [-0.1, -0.05) is 11.6 Å². The minimum atomic E-state index is -3.82. The molecule has 1 aromatic carbocycles. The quantitative estimate of drug-likeness (QED) is 0.790. The van der Waals surface area contributed by atoms with E-state index in [4.69, 9.17) is 22.3 Å². The van der Waals surface area contributed by atoms with E-state index in [0.717, 1.165) is 0 Å². The molecule has 0 radical (unpaired) electrons. The SMILES string of the molecule is O=S(=O)(Cl)c1nc2ccc(Cl)cc2[nH]1. The van der Waals surface area contributed by atoms with Gasteiger partial charge in [0.15, 0.2) is 0 Å². The summed E-state index contributed by atoms with van der Waals surface area (Å²) in [6, 6.07) is 4.81. The molecule has 0 saturated heterocycles. The van der Waals surface area contributed by atoms with Crippen LogP contribution in [0.2, 0.25) is 5.02 Å². The predicted molar refractivity (Wildman–Crippen MR) is 54.1 cm³/mol. The van der Waals surface area contributed by atoms with Crippen LogP contribution in [-0.2, 0) is 9.05 Å². The predicted octanol–water partition coefficient (Wildman–Crippen LogP) is 2.14. The molecule has 4 nitrogen and oxygen atoms in total. The summed E-state index contributed by atoms with van der Waals surface area (Å²) < 4.78 is 21.9. The van der Waals surface area contributed by atoms with Crippen molar-refractivity contribution < 1.29 is 8.42 Å². The number of nitrogens with zero attached hydrogens (tertiary/aromatic N) is 1. The summed E-state index contributed by atoms with van der Waals surface area (Å²) in [6.45, 7) is 0. The van der Waals surface area contributed by atoms with Crippen molar-refractivity contribution >= 4 is 42.4 Å². The molecular formula is C7H4Cl2N2O2S. The van der Waals surface area contributed by atoms with Crippen molar-refractivity contribution in [2.45, 2.75) is 5.16 Å². The minimum Gasteiger partial charge on any atom is -0.328 e. The molecule has 0 spiro atoms. The van der Waals surface area contributed by atoms with Crippen LogP contribution in [0, 0.1) is 0 Å². The molecule has 1 aromatic heterocycles. The van der Waals surface area contributed by atoms with Gasteiger partial charge in [-0.2, -0.15) is 0 Å². The summed E-state index contributed by atoms with van der Waals surface area (Å²) in [6.07, 6.45) is 0. The van der Waals surface area contributed by atoms with E-state index in [2.05, 4.69) is 9.97 Å². The highest BCUT2D eigenvalue weighted by Crippen LogP contribution is 2.20. The highest BCUT2D eigenvalue weighted by Gasteiger charge is 2.15. The van der Waals surface area contributed by atoms with Crippen LogP contribution in [0.3, 0.4) is 0 Å². The van der Waals surface area contributed by atoms with Gasteiger partial charge in [-0.25, -0.2) is 13.4 Å². The molecule has 14 heavy (non-hydrogen) atoms. The Morgan fingerprint density at radius 1 is 1.36 bits per heavy atom. The van der Waals surface area contributed by atoms with Crippen LogP contribution in [0.4, 0.5) is 0 Å². The zero-order valence-corrected chi connectivity index (χ0v) is 8.99. The van der Waals surface area contributed by atoms with Crippen molar-refractivity contribution in [2.24, 2.45) is 0 Å². The standard InChI is InChI=1S/C7H4Cl2N2O2S/c8-4-1-2-5-6(3-4)11-7(10-5)14(9,12)13/h1-3H,(H,10,11). The average molecular weight is 251 g/mol. The number of rotatable bonds is 1. The van der Waals surface area contributed by atoms with E-state index < -0.39 is 9.05 Å². The molecule has 1 N–H and O–H groups in total. The molecule has 0 atom stereocenters. The van der Waals surface area contributed by atoms with Crippen molar-refractivity contribution in [3.63, 3.8) is 0 Å². The van der Waals surface area contributed by atoms with Gasteiger partial charge in [-0.15, -0.1) is 0 Å². The highest BCUT2D eigenvalue weighted by molar-refractivity contribution is 8.13. The van der Waals surface area contributed by atoms with Crippen LogP contribution in [-0.4, -0.2) is 18.4 Å². The average Bonchev–Trinajstić information content (AvgIpc) is 2.45. The summed E-state index contributed by atoms with van der Waals surface area (Å²) in [5.74, 6) is 0. The summed E-state index contributed by atoms with van der Waals surface area (Å²) in [4.78, 5) is 6.35. The largest absolute Gasteiger partial charge is 0.328 e. The number of halogens is 2. The lowest BCUT2D eigenvalue weighted by molar-refractivity contribution is 0.603. The second-order valence-electron chi connectivity index (χ2n) is 2.64. The normalized spacial score (nSPS) is 12.1. The number of hydrogen-bond donors (Lipinski definition) is 1. The number of aromatic amines is 1. The number of fused-ring (bicyclic) bond motifs is 1. The van der Waals surface area contributed by atoms with Crippen LogP contribution in [0.5, 0.6) is 0 Å². The molecule has 2 aromatic rings. The Kier molecular flexibility index (Phi) is 2.17. The molecule has 0 unspecified atom stereocenters. The number of aromatic nitrogens is 2.